The molecule has 2 aromatic heterocycles. The van der Waals surface area contributed by atoms with Crippen molar-refractivity contribution in [2.24, 2.45) is 0 Å². The minimum atomic E-state index is 0.635. The zero-order chi connectivity index (χ0) is 20.3. The van der Waals surface area contributed by atoms with Gasteiger partial charge in [-0.05, 0) is 48.9 Å². The van der Waals surface area contributed by atoms with Crippen LogP contribution in [0.3, 0.4) is 0 Å². The van der Waals surface area contributed by atoms with E-state index in [0.29, 0.717) is 5.92 Å². The quantitative estimate of drug-likeness (QED) is 0.470. The first-order valence-electron chi connectivity index (χ1n) is 10.7. The van der Waals surface area contributed by atoms with Gasteiger partial charge in [-0.2, -0.15) is 5.10 Å². The number of piperidine rings is 1. The normalized spacial score (nSPS) is 14.9. The zero-order valence-corrected chi connectivity index (χ0v) is 17.3. The summed E-state index contributed by atoms with van der Waals surface area (Å²) in [5, 5.41) is 11.8. The molecule has 4 heteroatoms. The predicted octanol–water partition coefficient (Wildman–Crippen LogP) is 5.31. The Labute approximate surface area is 177 Å². The zero-order valence-electron chi connectivity index (χ0n) is 17.3. The fourth-order valence-electron chi connectivity index (χ4n) is 4.57. The third kappa shape index (κ3) is 3.78. The first-order valence-corrected chi connectivity index (χ1v) is 10.7. The number of hydrogen-bond donors (Lipinski definition) is 0. The van der Waals surface area contributed by atoms with Crippen molar-refractivity contribution >= 4 is 16.6 Å². The van der Waals surface area contributed by atoms with Crippen LogP contribution in [0.2, 0.25) is 0 Å². The number of rotatable bonds is 4. The average molecular weight is 395 g/mol. The molecule has 0 saturated carbocycles. The maximum Gasteiger partial charge on any atom is 0.159 e. The molecule has 1 aliphatic rings. The van der Waals surface area contributed by atoms with Gasteiger partial charge < -0.3 is 4.90 Å². The second-order valence-corrected chi connectivity index (χ2v) is 8.17. The third-order valence-electron chi connectivity index (χ3n) is 6.14. The first-order chi connectivity index (χ1) is 14.8. The van der Waals surface area contributed by atoms with Gasteiger partial charge in [-0.1, -0.05) is 54.6 Å². The van der Waals surface area contributed by atoms with Crippen LogP contribution < -0.4 is 4.90 Å². The Morgan fingerprint density at radius 2 is 1.60 bits per heavy atom. The summed E-state index contributed by atoms with van der Waals surface area (Å²) >= 11 is 0. The topological polar surface area (TPSA) is 41.9 Å². The summed E-state index contributed by atoms with van der Waals surface area (Å²) in [4.78, 5) is 6.72. The van der Waals surface area contributed by atoms with E-state index in [0.717, 1.165) is 49.6 Å². The molecule has 1 aliphatic heterocycles. The predicted molar refractivity (Wildman–Crippen MR) is 122 cm³/mol. The molecule has 4 aromatic rings. The molecule has 0 atom stereocenters. The number of hydrogen-bond acceptors (Lipinski definition) is 4. The Balaban J connectivity index is 1.41. The van der Waals surface area contributed by atoms with Crippen LogP contribution in [0.4, 0.5) is 5.82 Å². The molecular formula is C26H26N4. The molecule has 5 rings (SSSR count). The van der Waals surface area contributed by atoms with Gasteiger partial charge in [0.05, 0.1) is 5.69 Å². The lowest BCUT2D eigenvalue weighted by Crippen LogP contribution is -2.33. The van der Waals surface area contributed by atoms with Crippen molar-refractivity contribution in [1.82, 2.24) is 15.2 Å². The van der Waals surface area contributed by atoms with Crippen molar-refractivity contribution in [3.63, 3.8) is 0 Å². The fourth-order valence-corrected chi connectivity index (χ4v) is 4.57. The van der Waals surface area contributed by atoms with E-state index in [4.69, 9.17) is 5.10 Å². The summed E-state index contributed by atoms with van der Waals surface area (Å²) in [7, 11) is 0. The molecule has 150 valence electrons. The van der Waals surface area contributed by atoms with E-state index in [-0.39, 0.29) is 0 Å². The molecule has 4 nitrogen and oxygen atoms in total. The lowest BCUT2D eigenvalue weighted by Gasteiger charge is -2.33. The summed E-state index contributed by atoms with van der Waals surface area (Å²) in [5.41, 5.74) is 4.73. The number of anilines is 1. The molecule has 0 N–H and O–H groups in total. The van der Waals surface area contributed by atoms with Crippen molar-refractivity contribution in [3.8, 4) is 0 Å². The molecule has 0 radical (unpaired) electrons. The van der Waals surface area contributed by atoms with Gasteiger partial charge in [0.25, 0.3) is 0 Å². The second kappa shape index (κ2) is 8.23. The summed E-state index contributed by atoms with van der Waals surface area (Å²) in [6.45, 7) is 4.05. The number of benzene rings is 2. The molecular weight excluding hydrogens is 368 g/mol. The molecule has 1 fully saturated rings. The Morgan fingerprint density at radius 1 is 0.867 bits per heavy atom. The Morgan fingerprint density at radius 3 is 2.37 bits per heavy atom. The highest BCUT2D eigenvalue weighted by atomic mass is 15.3. The smallest absolute Gasteiger partial charge is 0.159 e. The van der Waals surface area contributed by atoms with Crippen molar-refractivity contribution in [1.29, 1.82) is 0 Å². The summed E-state index contributed by atoms with van der Waals surface area (Å²) in [5.74, 6) is 1.66. The van der Waals surface area contributed by atoms with E-state index >= 15 is 0 Å². The molecule has 0 bridgehead atoms. The number of pyridine rings is 1. The van der Waals surface area contributed by atoms with E-state index < -0.39 is 0 Å². The van der Waals surface area contributed by atoms with Gasteiger partial charge in [0, 0.05) is 42.2 Å². The average Bonchev–Trinajstić information content (AvgIpc) is 2.80. The fraction of sp³-hybridized carbons (Fsp3) is 0.269. The van der Waals surface area contributed by atoms with Crippen LogP contribution in [0.5, 0.6) is 0 Å². The van der Waals surface area contributed by atoms with Gasteiger partial charge in [0.2, 0.25) is 0 Å². The SMILES string of the molecule is Cc1cc(Cc2nnc(N3CCC(c4ccccc4)CC3)c3ccccc23)ccn1. The van der Waals surface area contributed by atoms with E-state index in [9.17, 15) is 0 Å². The van der Waals surface area contributed by atoms with Crippen LogP contribution in [0.25, 0.3) is 10.8 Å². The number of aromatic nitrogens is 3. The molecule has 30 heavy (non-hydrogen) atoms. The highest BCUT2D eigenvalue weighted by molar-refractivity contribution is 5.93. The minimum Gasteiger partial charge on any atom is -0.355 e. The van der Waals surface area contributed by atoms with Gasteiger partial charge in [-0.25, -0.2) is 0 Å². The van der Waals surface area contributed by atoms with E-state index in [1.165, 1.54) is 21.9 Å². The number of aryl methyl sites for hydroxylation is 1. The Kier molecular flexibility index (Phi) is 5.14. The van der Waals surface area contributed by atoms with Crippen LogP contribution in [0, 0.1) is 6.92 Å². The number of nitrogens with zero attached hydrogens (tertiary/aromatic N) is 4. The summed E-state index contributed by atoms with van der Waals surface area (Å²) in [6.07, 6.45) is 4.94. The van der Waals surface area contributed by atoms with E-state index in [1.807, 2.05) is 13.1 Å². The van der Waals surface area contributed by atoms with Gasteiger partial charge in [0.1, 0.15) is 0 Å². The lowest BCUT2D eigenvalue weighted by molar-refractivity contribution is 0.502. The van der Waals surface area contributed by atoms with Gasteiger partial charge in [-0.15, -0.1) is 5.10 Å². The van der Waals surface area contributed by atoms with Crippen LogP contribution in [0.15, 0.2) is 72.9 Å². The van der Waals surface area contributed by atoms with Gasteiger partial charge in [0.15, 0.2) is 5.82 Å². The monoisotopic (exact) mass is 394 g/mol. The standard InChI is InChI=1S/C26H26N4/c1-19-17-20(11-14-27-19)18-25-23-9-5-6-10-24(23)26(29-28-25)30-15-12-22(13-16-30)21-7-3-2-4-8-21/h2-11,14,17,22H,12-13,15-16,18H2,1H3. The summed E-state index contributed by atoms with van der Waals surface area (Å²) < 4.78 is 0. The van der Waals surface area contributed by atoms with Crippen LogP contribution in [-0.4, -0.2) is 28.3 Å². The molecule has 1 saturated heterocycles. The van der Waals surface area contributed by atoms with Crippen molar-refractivity contribution in [2.75, 3.05) is 18.0 Å². The minimum absolute atomic E-state index is 0.635. The number of fused-ring (bicyclic) bond motifs is 1. The van der Waals surface area contributed by atoms with Crippen LogP contribution in [-0.2, 0) is 6.42 Å². The molecule has 0 amide bonds. The highest BCUT2D eigenvalue weighted by Crippen LogP contribution is 2.33. The highest BCUT2D eigenvalue weighted by Gasteiger charge is 2.23. The molecule has 0 aliphatic carbocycles. The Bertz CT molecular complexity index is 1150. The Hall–Kier alpha value is -3.27. The van der Waals surface area contributed by atoms with Crippen molar-refractivity contribution < 1.29 is 0 Å². The maximum atomic E-state index is 4.71. The van der Waals surface area contributed by atoms with E-state index in [1.54, 1.807) is 0 Å². The molecule has 2 aromatic carbocycles. The second-order valence-electron chi connectivity index (χ2n) is 8.17. The van der Waals surface area contributed by atoms with Crippen LogP contribution in [0.1, 0.15) is 41.3 Å². The molecule has 3 heterocycles. The lowest BCUT2D eigenvalue weighted by atomic mass is 9.89. The van der Waals surface area contributed by atoms with E-state index in [2.05, 4.69) is 81.7 Å². The van der Waals surface area contributed by atoms with Gasteiger partial charge >= 0.3 is 0 Å². The molecule has 0 spiro atoms. The maximum absolute atomic E-state index is 4.71. The summed E-state index contributed by atoms with van der Waals surface area (Å²) in [6, 6.07) is 23.6. The first kappa shape index (κ1) is 18.7. The van der Waals surface area contributed by atoms with Crippen molar-refractivity contribution in [3.05, 3.63) is 95.4 Å². The molecule has 0 unspecified atom stereocenters. The van der Waals surface area contributed by atoms with Gasteiger partial charge in [-0.3, -0.25) is 4.98 Å². The third-order valence-corrected chi connectivity index (χ3v) is 6.14. The largest absolute Gasteiger partial charge is 0.355 e. The van der Waals surface area contributed by atoms with Crippen LogP contribution >= 0.6 is 0 Å². The van der Waals surface area contributed by atoms with Crippen molar-refractivity contribution in [2.45, 2.75) is 32.1 Å².